The SMILES string of the molecule is Cc1cc(C)cc(Cc2nsc(I)n2)c1. The molecule has 0 atom stereocenters. The highest BCUT2D eigenvalue weighted by atomic mass is 127. The molecule has 1 heterocycles. The zero-order valence-electron chi connectivity index (χ0n) is 8.62. The van der Waals surface area contributed by atoms with Crippen molar-refractivity contribution in [2.45, 2.75) is 20.3 Å². The van der Waals surface area contributed by atoms with Crippen LogP contribution in [0.15, 0.2) is 18.2 Å². The Morgan fingerprint density at radius 3 is 2.40 bits per heavy atom. The molecule has 15 heavy (non-hydrogen) atoms. The summed E-state index contributed by atoms with van der Waals surface area (Å²) < 4.78 is 5.30. The summed E-state index contributed by atoms with van der Waals surface area (Å²) in [7, 11) is 0. The van der Waals surface area contributed by atoms with Crippen LogP contribution in [0.2, 0.25) is 0 Å². The van der Waals surface area contributed by atoms with Gasteiger partial charge in [0.15, 0.2) is 3.01 Å². The molecule has 0 amide bonds. The first-order valence-electron chi connectivity index (χ1n) is 4.69. The maximum absolute atomic E-state index is 4.36. The molecule has 2 nitrogen and oxygen atoms in total. The summed E-state index contributed by atoms with van der Waals surface area (Å²) in [4.78, 5) is 4.36. The second-order valence-electron chi connectivity index (χ2n) is 3.64. The first-order chi connectivity index (χ1) is 7.13. The quantitative estimate of drug-likeness (QED) is 0.789. The Labute approximate surface area is 107 Å². The van der Waals surface area contributed by atoms with E-state index in [2.05, 4.69) is 64.0 Å². The average molecular weight is 330 g/mol. The van der Waals surface area contributed by atoms with Gasteiger partial charge in [-0.3, -0.25) is 0 Å². The van der Waals surface area contributed by atoms with Crippen LogP contribution in [-0.2, 0) is 6.42 Å². The van der Waals surface area contributed by atoms with Gasteiger partial charge in [-0.1, -0.05) is 29.3 Å². The van der Waals surface area contributed by atoms with E-state index in [1.165, 1.54) is 28.2 Å². The van der Waals surface area contributed by atoms with E-state index < -0.39 is 0 Å². The lowest BCUT2D eigenvalue weighted by Gasteiger charge is -2.02. The Morgan fingerprint density at radius 2 is 1.87 bits per heavy atom. The zero-order chi connectivity index (χ0) is 10.8. The van der Waals surface area contributed by atoms with Crippen molar-refractivity contribution < 1.29 is 0 Å². The number of aryl methyl sites for hydroxylation is 2. The first-order valence-corrected chi connectivity index (χ1v) is 6.54. The lowest BCUT2D eigenvalue weighted by Crippen LogP contribution is -1.92. The number of hydrogen-bond acceptors (Lipinski definition) is 3. The molecule has 1 aromatic carbocycles. The maximum atomic E-state index is 4.36. The van der Waals surface area contributed by atoms with Crippen molar-refractivity contribution in [1.82, 2.24) is 9.36 Å². The van der Waals surface area contributed by atoms with Crippen LogP contribution in [-0.4, -0.2) is 9.36 Å². The predicted molar refractivity (Wildman–Crippen MR) is 71.3 cm³/mol. The van der Waals surface area contributed by atoms with Gasteiger partial charge >= 0.3 is 0 Å². The van der Waals surface area contributed by atoms with Gasteiger partial charge in [0.1, 0.15) is 5.82 Å². The van der Waals surface area contributed by atoms with E-state index >= 15 is 0 Å². The Bertz CT molecular complexity index is 459. The van der Waals surface area contributed by atoms with Gasteiger partial charge in [0.2, 0.25) is 0 Å². The number of halogens is 1. The van der Waals surface area contributed by atoms with Crippen LogP contribution in [0.1, 0.15) is 22.5 Å². The number of hydrogen-bond donors (Lipinski definition) is 0. The summed E-state index contributed by atoms with van der Waals surface area (Å²) >= 11 is 3.66. The summed E-state index contributed by atoms with van der Waals surface area (Å²) in [6, 6.07) is 6.57. The monoisotopic (exact) mass is 330 g/mol. The standard InChI is InChI=1S/C11H11IN2S/c1-7-3-8(2)5-9(4-7)6-10-13-11(12)15-14-10/h3-5H,6H2,1-2H3. The molecule has 0 aliphatic heterocycles. The summed E-state index contributed by atoms with van der Waals surface area (Å²) in [5, 5.41) is 0. The van der Waals surface area contributed by atoms with E-state index in [1.54, 1.807) is 0 Å². The van der Waals surface area contributed by atoms with Crippen LogP contribution >= 0.6 is 34.1 Å². The van der Waals surface area contributed by atoms with Gasteiger partial charge in [0.25, 0.3) is 0 Å². The van der Waals surface area contributed by atoms with Gasteiger partial charge in [-0.25, -0.2) is 4.98 Å². The van der Waals surface area contributed by atoms with E-state index in [0.29, 0.717) is 0 Å². The fraction of sp³-hybridized carbons (Fsp3) is 0.273. The normalized spacial score (nSPS) is 10.6. The Morgan fingerprint density at radius 1 is 1.20 bits per heavy atom. The number of rotatable bonds is 2. The number of aromatic nitrogens is 2. The smallest absolute Gasteiger partial charge is 0.173 e. The van der Waals surface area contributed by atoms with Crippen molar-refractivity contribution in [2.24, 2.45) is 0 Å². The molecular formula is C11H11IN2S. The van der Waals surface area contributed by atoms with Crippen LogP contribution < -0.4 is 0 Å². The number of nitrogens with zero attached hydrogens (tertiary/aromatic N) is 2. The van der Waals surface area contributed by atoms with Gasteiger partial charge in [-0.2, -0.15) is 4.37 Å². The molecule has 0 bridgehead atoms. The average Bonchev–Trinajstić information content (AvgIpc) is 2.49. The second kappa shape index (κ2) is 4.57. The third-order valence-electron chi connectivity index (χ3n) is 2.09. The molecule has 0 fully saturated rings. The van der Waals surface area contributed by atoms with E-state index in [0.717, 1.165) is 15.3 Å². The van der Waals surface area contributed by atoms with Gasteiger partial charge in [-0.15, -0.1) is 0 Å². The van der Waals surface area contributed by atoms with Gasteiger partial charge < -0.3 is 0 Å². The molecule has 0 N–H and O–H groups in total. The molecule has 0 saturated heterocycles. The summed E-state index contributed by atoms with van der Waals surface area (Å²) in [6.07, 6.45) is 0.835. The minimum absolute atomic E-state index is 0.835. The van der Waals surface area contributed by atoms with Gasteiger partial charge in [0, 0.05) is 6.42 Å². The molecule has 0 unspecified atom stereocenters. The van der Waals surface area contributed by atoms with Crippen LogP contribution in [0.25, 0.3) is 0 Å². The summed E-state index contributed by atoms with van der Waals surface area (Å²) in [6.45, 7) is 4.24. The fourth-order valence-electron chi connectivity index (χ4n) is 1.66. The molecule has 0 spiro atoms. The molecular weight excluding hydrogens is 319 g/mol. The van der Waals surface area contributed by atoms with E-state index in [-0.39, 0.29) is 0 Å². The van der Waals surface area contributed by atoms with Crippen molar-refractivity contribution in [2.75, 3.05) is 0 Å². The minimum Gasteiger partial charge on any atom is -0.213 e. The molecule has 4 heteroatoms. The summed E-state index contributed by atoms with van der Waals surface area (Å²) in [5.41, 5.74) is 3.89. The maximum Gasteiger partial charge on any atom is 0.173 e. The van der Waals surface area contributed by atoms with Crippen LogP contribution in [0, 0.1) is 16.9 Å². The Hall–Kier alpha value is -0.490. The van der Waals surface area contributed by atoms with Crippen molar-refractivity contribution in [1.29, 1.82) is 0 Å². The van der Waals surface area contributed by atoms with E-state index in [9.17, 15) is 0 Å². The fourth-order valence-corrected chi connectivity index (χ4v) is 2.66. The molecule has 78 valence electrons. The van der Waals surface area contributed by atoms with Crippen LogP contribution in [0.5, 0.6) is 0 Å². The van der Waals surface area contributed by atoms with Crippen molar-refractivity contribution in [3.8, 4) is 0 Å². The van der Waals surface area contributed by atoms with Crippen molar-refractivity contribution in [3.05, 3.63) is 43.7 Å². The van der Waals surface area contributed by atoms with Crippen molar-refractivity contribution in [3.63, 3.8) is 0 Å². The Kier molecular flexibility index (Phi) is 3.35. The molecule has 0 radical (unpaired) electrons. The first kappa shape index (κ1) is 11.0. The van der Waals surface area contributed by atoms with Crippen molar-refractivity contribution >= 4 is 34.1 Å². The zero-order valence-corrected chi connectivity index (χ0v) is 11.6. The van der Waals surface area contributed by atoms with Crippen LogP contribution in [0.4, 0.5) is 0 Å². The largest absolute Gasteiger partial charge is 0.213 e. The molecule has 0 saturated carbocycles. The lowest BCUT2D eigenvalue weighted by molar-refractivity contribution is 1.02. The second-order valence-corrected chi connectivity index (χ2v) is 6.14. The third-order valence-corrected chi connectivity index (χ3v) is 3.46. The van der Waals surface area contributed by atoms with E-state index in [4.69, 9.17) is 0 Å². The predicted octanol–water partition coefficient (Wildman–Crippen LogP) is 3.35. The third kappa shape index (κ3) is 2.98. The van der Waals surface area contributed by atoms with Crippen LogP contribution in [0.3, 0.4) is 0 Å². The highest BCUT2D eigenvalue weighted by Gasteiger charge is 2.03. The lowest BCUT2D eigenvalue weighted by atomic mass is 10.1. The summed E-state index contributed by atoms with van der Waals surface area (Å²) in [5.74, 6) is 0.925. The number of benzene rings is 1. The molecule has 0 aliphatic carbocycles. The highest BCUT2D eigenvalue weighted by Crippen LogP contribution is 2.14. The minimum atomic E-state index is 0.835. The van der Waals surface area contributed by atoms with Gasteiger partial charge in [-0.05, 0) is 53.5 Å². The molecule has 0 aliphatic rings. The highest BCUT2D eigenvalue weighted by molar-refractivity contribution is 14.1. The molecule has 1 aromatic heterocycles. The van der Waals surface area contributed by atoms with Gasteiger partial charge in [0.05, 0.1) is 0 Å². The Balaban J connectivity index is 2.24. The molecule has 2 aromatic rings. The van der Waals surface area contributed by atoms with E-state index in [1.807, 2.05) is 0 Å². The topological polar surface area (TPSA) is 25.8 Å². The molecule has 2 rings (SSSR count).